The molecule has 0 unspecified atom stereocenters. The third kappa shape index (κ3) is 3.68. The molecular weight excluding hydrogens is 337 g/mol. The summed E-state index contributed by atoms with van der Waals surface area (Å²) in [7, 11) is 0. The van der Waals surface area contributed by atoms with Crippen molar-refractivity contribution in [2.75, 3.05) is 17.7 Å². The molecule has 0 saturated heterocycles. The molecule has 0 bridgehead atoms. The van der Waals surface area contributed by atoms with Crippen LogP contribution in [-0.4, -0.2) is 18.3 Å². The Labute approximate surface area is 142 Å². The summed E-state index contributed by atoms with van der Waals surface area (Å²) < 4.78 is 18.5. The maximum atomic E-state index is 13.3. The number of para-hydroxylation sites is 1. The minimum Gasteiger partial charge on any atom is -0.499 e. The van der Waals surface area contributed by atoms with Crippen LogP contribution in [0, 0.1) is 5.82 Å². The van der Waals surface area contributed by atoms with Crippen LogP contribution in [0.25, 0.3) is 11.1 Å². The molecule has 2 aromatic carbocycles. The fourth-order valence-corrected chi connectivity index (χ4v) is 3.08. The van der Waals surface area contributed by atoms with Gasteiger partial charge in [-0.05, 0) is 23.8 Å². The molecule has 1 heterocycles. The van der Waals surface area contributed by atoms with Gasteiger partial charge in [0, 0.05) is 17.0 Å². The second-order valence-corrected chi connectivity index (χ2v) is 6.37. The Bertz CT molecular complexity index is 779. The molecule has 118 valence electrons. The van der Waals surface area contributed by atoms with Gasteiger partial charge >= 0.3 is 0 Å². The molecule has 1 aliphatic heterocycles. The maximum Gasteiger partial charge on any atom is 0.265 e. The van der Waals surface area contributed by atoms with E-state index in [1.54, 1.807) is 18.2 Å². The number of rotatable bonds is 3. The zero-order valence-electron chi connectivity index (χ0n) is 12.0. The number of benzene rings is 2. The highest BCUT2D eigenvalue weighted by Crippen LogP contribution is 2.31. The zero-order chi connectivity index (χ0) is 16.2. The predicted molar refractivity (Wildman–Crippen MR) is 92.0 cm³/mol. The first-order valence-electron chi connectivity index (χ1n) is 6.95. The lowest BCUT2D eigenvalue weighted by atomic mass is 10.0. The van der Waals surface area contributed by atoms with Gasteiger partial charge in [-0.1, -0.05) is 35.9 Å². The Morgan fingerprint density at radius 3 is 2.83 bits per heavy atom. The number of carbonyl (C=O) groups excluding carboxylic acids is 1. The first-order chi connectivity index (χ1) is 11.1. The molecule has 0 fully saturated rings. The van der Waals surface area contributed by atoms with Gasteiger partial charge in [0.15, 0.2) is 0 Å². The molecule has 2 aromatic rings. The Kier molecular flexibility index (Phi) is 4.88. The van der Waals surface area contributed by atoms with Crippen molar-refractivity contribution in [3.8, 4) is 11.1 Å². The van der Waals surface area contributed by atoms with Gasteiger partial charge in [-0.15, -0.1) is 11.8 Å². The van der Waals surface area contributed by atoms with E-state index in [9.17, 15) is 9.18 Å². The standard InChI is InChI=1S/C17H13ClFNO2S/c18-13-9-11(5-6-14(13)19)12-3-1-2-4-15(12)20-17(21)16-10-22-7-8-23-16/h1-6,9-10H,7-8H2,(H,20,21). The van der Waals surface area contributed by atoms with Crippen LogP contribution in [0.1, 0.15) is 0 Å². The summed E-state index contributed by atoms with van der Waals surface area (Å²) >= 11 is 7.30. The van der Waals surface area contributed by atoms with Crippen LogP contribution in [0.15, 0.2) is 53.6 Å². The van der Waals surface area contributed by atoms with Crippen molar-refractivity contribution in [3.05, 3.63) is 64.5 Å². The Morgan fingerprint density at radius 2 is 2.09 bits per heavy atom. The molecule has 3 rings (SSSR count). The lowest BCUT2D eigenvalue weighted by Gasteiger charge is -2.15. The molecule has 1 amide bonds. The molecule has 0 aromatic heterocycles. The average Bonchev–Trinajstić information content (AvgIpc) is 2.59. The summed E-state index contributed by atoms with van der Waals surface area (Å²) in [5.41, 5.74) is 2.13. The topological polar surface area (TPSA) is 38.3 Å². The monoisotopic (exact) mass is 349 g/mol. The van der Waals surface area contributed by atoms with Crippen LogP contribution in [0.4, 0.5) is 10.1 Å². The first-order valence-corrected chi connectivity index (χ1v) is 8.32. The minimum absolute atomic E-state index is 0.0440. The Morgan fingerprint density at radius 1 is 1.26 bits per heavy atom. The summed E-state index contributed by atoms with van der Waals surface area (Å²) in [6.07, 6.45) is 1.47. The molecule has 0 spiro atoms. The average molecular weight is 350 g/mol. The van der Waals surface area contributed by atoms with Gasteiger partial charge in [0.2, 0.25) is 0 Å². The highest BCUT2D eigenvalue weighted by molar-refractivity contribution is 8.04. The predicted octanol–water partition coefficient (Wildman–Crippen LogP) is 4.69. The highest BCUT2D eigenvalue weighted by atomic mass is 35.5. The van der Waals surface area contributed by atoms with Crippen molar-refractivity contribution >= 4 is 35.0 Å². The van der Waals surface area contributed by atoms with Gasteiger partial charge in [0.05, 0.1) is 11.6 Å². The molecule has 0 radical (unpaired) electrons. The number of hydrogen-bond acceptors (Lipinski definition) is 3. The van der Waals surface area contributed by atoms with Crippen molar-refractivity contribution in [3.63, 3.8) is 0 Å². The second-order valence-electron chi connectivity index (χ2n) is 4.83. The number of carbonyl (C=O) groups is 1. The number of thioether (sulfide) groups is 1. The number of halogens is 2. The van der Waals surface area contributed by atoms with E-state index in [4.69, 9.17) is 16.3 Å². The van der Waals surface area contributed by atoms with E-state index in [2.05, 4.69) is 5.32 Å². The largest absolute Gasteiger partial charge is 0.499 e. The molecular formula is C17H13ClFNO2S. The van der Waals surface area contributed by atoms with Gasteiger partial charge in [0.25, 0.3) is 5.91 Å². The third-order valence-corrected chi connectivity index (χ3v) is 4.53. The quantitative estimate of drug-likeness (QED) is 0.873. The van der Waals surface area contributed by atoms with Crippen LogP contribution in [0.2, 0.25) is 5.02 Å². The maximum absolute atomic E-state index is 13.3. The molecule has 0 atom stereocenters. The van der Waals surface area contributed by atoms with Gasteiger partial charge < -0.3 is 10.1 Å². The fraction of sp³-hybridized carbons (Fsp3) is 0.118. The van der Waals surface area contributed by atoms with Crippen molar-refractivity contribution in [1.29, 1.82) is 0 Å². The van der Waals surface area contributed by atoms with E-state index in [0.717, 1.165) is 16.9 Å². The van der Waals surface area contributed by atoms with E-state index in [1.165, 1.54) is 24.1 Å². The van der Waals surface area contributed by atoms with E-state index in [0.29, 0.717) is 17.2 Å². The van der Waals surface area contributed by atoms with Crippen LogP contribution < -0.4 is 5.32 Å². The number of hydrogen-bond donors (Lipinski definition) is 1. The van der Waals surface area contributed by atoms with E-state index in [-0.39, 0.29) is 10.9 Å². The lowest BCUT2D eigenvalue weighted by molar-refractivity contribution is -0.112. The van der Waals surface area contributed by atoms with Crippen molar-refractivity contribution in [2.24, 2.45) is 0 Å². The number of ether oxygens (including phenoxy) is 1. The van der Waals surface area contributed by atoms with E-state index >= 15 is 0 Å². The number of nitrogens with one attached hydrogen (secondary N) is 1. The van der Waals surface area contributed by atoms with Crippen LogP contribution in [-0.2, 0) is 9.53 Å². The molecule has 1 N–H and O–H groups in total. The van der Waals surface area contributed by atoms with Crippen molar-refractivity contribution < 1.29 is 13.9 Å². The molecule has 6 heteroatoms. The zero-order valence-corrected chi connectivity index (χ0v) is 13.6. The minimum atomic E-state index is -0.474. The Hall–Kier alpha value is -1.98. The molecule has 0 saturated carbocycles. The SMILES string of the molecule is O=C(Nc1ccccc1-c1ccc(F)c(Cl)c1)C1=COCCS1. The summed E-state index contributed by atoms with van der Waals surface area (Å²) in [5.74, 6) is 0.0438. The van der Waals surface area contributed by atoms with Crippen LogP contribution in [0.5, 0.6) is 0 Å². The number of anilines is 1. The summed E-state index contributed by atoms with van der Waals surface area (Å²) in [6.45, 7) is 0.603. The van der Waals surface area contributed by atoms with E-state index < -0.39 is 5.82 Å². The molecule has 0 aliphatic carbocycles. The van der Waals surface area contributed by atoms with Crippen molar-refractivity contribution in [1.82, 2.24) is 0 Å². The second kappa shape index (κ2) is 7.06. The first kappa shape index (κ1) is 15.9. The Balaban J connectivity index is 1.90. The summed E-state index contributed by atoms with van der Waals surface area (Å²) in [4.78, 5) is 12.8. The third-order valence-electron chi connectivity index (χ3n) is 3.28. The lowest BCUT2D eigenvalue weighted by Crippen LogP contribution is -2.16. The van der Waals surface area contributed by atoms with Gasteiger partial charge in [0.1, 0.15) is 17.0 Å². The summed E-state index contributed by atoms with van der Waals surface area (Å²) in [5, 5.41) is 2.91. The number of amides is 1. The molecule has 1 aliphatic rings. The fourth-order valence-electron chi connectivity index (χ4n) is 2.18. The van der Waals surface area contributed by atoms with Gasteiger partial charge in [-0.2, -0.15) is 0 Å². The molecule has 3 nitrogen and oxygen atoms in total. The molecule has 23 heavy (non-hydrogen) atoms. The van der Waals surface area contributed by atoms with Crippen LogP contribution in [0.3, 0.4) is 0 Å². The van der Waals surface area contributed by atoms with Gasteiger partial charge in [-0.25, -0.2) is 4.39 Å². The summed E-state index contributed by atoms with van der Waals surface area (Å²) in [6, 6.07) is 11.8. The highest BCUT2D eigenvalue weighted by Gasteiger charge is 2.16. The van der Waals surface area contributed by atoms with E-state index in [1.807, 2.05) is 18.2 Å². The van der Waals surface area contributed by atoms with Crippen LogP contribution >= 0.6 is 23.4 Å². The van der Waals surface area contributed by atoms with Gasteiger partial charge in [-0.3, -0.25) is 4.79 Å². The smallest absolute Gasteiger partial charge is 0.265 e. The van der Waals surface area contributed by atoms with Crippen molar-refractivity contribution in [2.45, 2.75) is 0 Å². The normalized spacial score (nSPS) is 13.9.